The number of thioether (sulfide) groups is 1. The third kappa shape index (κ3) is 4.16. The molecular weight excluding hydrogens is 218 g/mol. The van der Waals surface area contributed by atoms with Crippen molar-refractivity contribution in [2.45, 2.75) is 37.8 Å². The van der Waals surface area contributed by atoms with Crippen molar-refractivity contribution < 1.29 is 5.11 Å². The molecule has 0 saturated heterocycles. The number of benzene rings is 1. The first kappa shape index (κ1) is 13.6. The second-order valence-electron chi connectivity index (χ2n) is 3.97. The Balaban J connectivity index is 2.59. The van der Waals surface area contributed by atoms with Crippen LogP contribution in [0.15, 0.2) is 29.2 Å². The molecule has 0 amide bonds. The minimum absolute atomic E-state index is 0.139. The average Bonchev–Trinajstić information content (AvgIpc) is 2.30. The van der Waals surface area contributed by atoms with E-state index in [9.17, 15) is 0 Å². The molecule has 90 valence electrons. The van der Waals surface area contributed by atoms with E-state index in [0.29, 0.717) is 0 Å². The summed E-state index contributed by atoms with van der Waals surface area (Å²) in [5.74, 6) is 1.11. The van der Waals surface area contributed by atoms with Crippen LogP contribution in [0.4, 0.5) is 0 Å². The summed E-state index contributed by atoms with van der Waals surface area (Å²) in [5.41, 5.74) is 1.26. The molecule has 0 bridgehead atoms. The lowest BCUT2D eigenvalue weighted by Gasteiger charge is -2.18. The summed E-state index contributed by atoms with van der Waals surface area (Å²) in [6, 6.07) is 9.04. The fourth-order valence-corrected chi connectivity index (χ4v) is 2.26. The second kappa shape index (κ2) is 6.94. The lowest BCUT2D eigenvalue weighted by atomic mass is 10.1. The molecule has 0 fully saturated rings. The maximum atomic E-state index is 8.98. The Morgan fingerprint density at radius 3 is 2.38 bits per heavy atom. The third-order valence-corrected chi connectivity index (χ3v) is 3.39. The van der Waals surface area contributed by atoms with E-state index in [-0.39, 0.29) is 18.7 Å². The first-order valence-electron chi connectivity index (χ1n) is 5.77. The molecule has 0 aliphatic heterocycles. The number of aliphatic hydroxyl groups is 1. The summed E-state index contributed by atoms with van der Waals surface area (Å²) in [5, 5.41) is 12.3. The maximum absolute atomic E-state index is 8.98. The van der Waals surface area contributed by atoms with Crippen LogP contribution >= 0.6 is 11.8 Å². The van der Waals surface area contributed by atoms with E-state index in [1.165, 1.54) is 10.5 Å². The van der Waals surface area contributed by atoms with Crippen molar-refractivity contribution in [3.05, 3.63) is 29.8 Å². The average molecular weight is 239 g/mol. The number of hydrogen-bond donors (Lipinski definition) is 2. The van der Waals surface area contributed by atoms with Crippen LogP contribution in [-0.2, 0) is 0 Å². The van der Waals surface area contributed by atoms with Crippen LogP contribution in [-0.4, -0.2) is 23.5 Å². The highest BCUT2D eigenvalue weighted by Crippen LogP contribution is 2.20. The summed E-state index contributed by atoms with van der Waals surface area (Å²) in [4.78, 5) is 1.31. The Morgan fingerprint density at radius 1 is 1.25 bits per heavy atom. The molecule has 0 aliphatic carbocycles. The van der Waals surface area contributed by atoms with Crippen LogP contribution in [0.3, 0.4) is 0 Å². The number of aliphatic hydroxyl groups excluding tert-OH is 1. The van der Waals surface area contributed by atoms with E-state index in [4.69, 9.17) is 5.11 Å². The van der Waals surface area contributed by atoms with Gasteiger partial charge in [-0.3, -0.25) is 0 Å². The highest BCUT2D eigenvalue weighted by Gasteiger charge is 2.08. The number of nitrogens with one attached hydrogen (secondary N) is 1. The van der Waals surface area contributed by atoms with E-state index in [1.54, 1.807) is 0 Å². The molecule has 1 unspecified atom stereocenters. The van der Waals surface area contributed by atoms with Crippen molar-refractivity contribution in [3.8, 4) is 0 Å². The van der Waals surface area contributed by atoms with Crippen LogP contribution < -0.4 is 5.32 Å². The van der Waals surface area contributed by atoms with Crippen LogP contribution in [0.5, 0.6) is 0 Å². The predicted molar refractivity (Wildman–Crippen MR) is 70.9 cm³/mol. The Bertz CT molecular complexity index is 299. The van der Waals surface area contributed by atoms with E-state index < -0.39 is 0 Å². The molecule has 1 aromatic rings. The fourth-order valence-electron chi connectivity index (χ4n) is 1.60. The van der Waals surface area contributed by atoms with Gasteiger partial charge in [-0.2, -0.15) is 0 Å². The zero-order valence-corrected chi connectivity index (χ0v) is 11.1. The monoisotopic (exact) mass is 239 g/mol. The van der Waals surface area contributed by atoms with Gasteiger partial charge in [-0.05, 0) is 37.3 Å². The van der Waals surface area contributed by atoms with Gasteiger partial charge in [0.2, 0.25) is 0 Å². The zero-order chi connectivity index (χ0) is 12.0. The lowest BCUT2D eigenvalue weighted by Crippen LogP contribution is -2.31. The van der Waals surface area contributed by atoms with Gasteiger partial charge in [0.25, 0.3) is 0 Å². The van der Waals surface area contributed by atoms with Crippen molar-refractivity contribution in [2.75, 3.05) is 12.4 Å². The summed E-state index contributed by atoms with van der Waals surface area (Å²) in [6.45, 7) is 6.44. The molecular formula is C13H21NOS. The molecule has 1 rings (SSSR count). The molecule has 2 N–H and O–H groups in total. The Kier molecular flexibility index (Phi) is 5.88. The number of rotatable bonds is 6. The topological polar surface area (TPSA) is 32.3 Å². The second-order valence-corrected chi connectivity index (χ2v) is 5.31. The molecule has 2 nitrogen and oxygen atoms in total. The van der Waals surface area contributed by atoms with Gasteiger partial charge in [0.1, 0.15) is 0 Å². The van der Waals surface area contributed by atoms with Crippen molar-refractivity contribution in [1.29, 1.82) is 0 Å². The molecule has 16 heavy (non-hydrogen) atoms. The molecule has 2 atom stereocenters. The third-order valence-electron chi connectivity index (χ3n) is 2.50. The molecule has 1 aromatic carbocycles. The van der Waals surface area contributed by atoms with Gasteiger partial charge in [-0.1, -0.05) is 19.1 Å². The van der Waals surface area contributed by atoms with Crippen molar-refractivity contribution in [2.24, 2.45) is 0 Å². The summed E-state index contributed by atoms with van der Waals surface area (Å²) in [6.07, 6.45) is 0. The minimum atomic E-state index is 0.139. The van der Waals surface area contributed by atoms with Gasteiger partial charge in [0.15, 0.2) is 0 Å². The lowest BCUT2D eigenvalue weighted by molar-refractivity contribution is 0.243. The predicted octanol–water partition coefficient (Wildman–Crippen LogP) is 2.83. The van der Waals surface area contributed by atoms with E-state index in [2.05, 4.69) is 43.4 Å². The Hall–Kier alpha value is -0.510. The van der Waals surface area contributed by atoms with Crippen LogP contribution in [0.2, 0.25) is 0 Å². The molecule has 0 spiro atoms. The highest BCUT2D eigenvalue weighted by atomic mass is 32.2. The fraction of sp³-hybridized carbons (Fsp3) is 0.538. The number of hydrogen-bond acceptors (Lipinski definition) is 3. The SMILES string of the molecule is CCSc1ccc(C(C)N[C@@H](C)CO)cc1. The zero-order valence-electron chi connectivity index (χ0n) is 10.2. The summed E-state index contributed by atoms with van der Waals surface area (Å²) < 4.78 is 0. The van der Waals surface area contributed by atoms with E-state index in [1.807, 2.05) is 18.7 Å². The normalized spacial score (nSPS) is 14.8. The quantitative estimate of drug-likeness (QED) is 0.749. The summed E-state index contributed by atoms with van der Waals surface area (Å²) >= 11 is 1.85. The Labute approximate surface area is 102 Å². The van der Waals surface area contributed by atoms with Crippen molar-refractivity contribution >= 4 is 11.8 Å². The van der Waals surface area contributed by atoms with E-state index >= 15 is 0 Å². The van der Waals surface area contributed by atoms with Crippen molar-refractivity contribution in [1.82, 2.24) is 5.32 Å². The van der Waals surface area contributed by atoms with Crippen LogP contribution in [0.25, 0.3) is 0 Å². The van der Waals surface area contributed by atoms with Gasteiger partial charge in [-0.25, -0.2) is 0 Å². The van der Waals surface area contributed by atoms with Gasteiger partial charge in [0.05, 0.1) is 6.61 Å². The molecule has 0 heterocycles. The molecule has 0 aromatic heterocycles. The highest BCUT2D eigenvalue weighted by molar-refractivity contribution is 7.99. The van der Waals surface area contributed by atoms with E-state index in [0.717, 1.165) is 5.75 Å². The summed E-state index contributed by atoms with van der Waals surface area (Å²) in [7, 11) is 0. The van der Waals surface area contributed by atoms with Crippen molar-refractivity contribution in [3.63, 3.8) is 0 Å². The smallest absolute Gasteiger partial charge is 0.0582 e. The minimum Gasteiger partial charge on any atom is -0.395 e. The molecule has 0 radical (unpaired) electrons. The molecule has 0 saturated carbocycles. The van der Waals surface area contributed by atoms with Gasteiger partial charge in [0, 0.05) is 17.0 Å². The van der Waals surface area contributed by atoms with Gasteiger partial charge in [-0.15, -0.1) is 11.8 Å². The molecule has 3 heteroatoms. The van der Waals surface area contributed by atoms with Gasteiger partial charge < -0.3 is 10.4 Å². The van der Waals surface area contributed by atoms with Gasteiger partial charge >= 0.3 is 0 Å². The first-order valence-corrected chi connectivity index (χ1v) is 6.75. The largest absolute Gasteiger partial charge is 0.395 e. The molecule has 0 aliphatic rings. The maximum Gasteiger partial charge on any atom is 0.0582 e. The Morgan fingerprint density at radius 2 is 1.88 bits per heavy atom. The van der Waals surface area contributed by atoms with Crippen LogP contribution in [0.1, 0.15) is 32.4 Å². The standard InChI is InChI=1S/C13H21NOS/c1-4-16-13-7-5-12(6-8-13)11(3)14-10(2)9-15/h5-8,10-11,14-15H,4,9H2,1-3H3/t10-,11?/m0/s1. The first-order chi connectivity index (χ1) is 7.67. The van der Waals surface area contributed by atoms with Crippen LogP contribution in [0, 0.1) is 0 Å².